The third-order valence-electron chi connectivity index (χ3n) is 2.55. The third-order valence-corrected chi connectivity index (χ3v) is 3.90. The second-order valence-corrected chi connectivity index (χ2v) is 5.60. The van der Waals surface area contributed by atoms with Gasteiger partial charge in [0.2, 0.25) is 0 Å². The molecule has 0 radical (unpaired) electrons. The zero-order chi connectivity index (χ0) is 14.4. The summed E-state index contributed by atoms with van der Waals surface area (Å²) in [7, 11) is 0. The number of hydrogen-bond acceptors (Lipinski definition) is 5. The lowest BCUT2D eigenvalue weighted by Gasteiger charge is -2.08. The van der Waals surface area contributed by atoms with Crippen molar-refractivity contribution in [2.75, 3.05) is 11.9 Å². The highest BCUT2D eigenvalue weighted by Gasteiger charge is 2.08. The summed E-state index contributed by atoms with van der Waals surface area (Å²) in [5.74, 6) is 1.67. The van der Waals surface area contributed by atoms with E-state index in [-0.39, 0.29) is 0 Å². The van der Waals surface area contributed by atoms with Crippen LogP contribution in [0.1, 0.15) is 26.1 Å². The highest BCUT2D eigenvalue weighted by atomic mass is 35.5. The van der Waals surface area contributed by atoms with Crippen molar-refractivity contribution in [2.45, 2.75) is 36.7 Å². The molecule has 0 atom stereocenters. The number of halogens is 1. The number of aryl methyl sites for hydroxylation is 1. The van der Waals surface area contributed by atoms with Gasteiger partial charge in [-0.3, -0.25) is 0 Å². The minimum absolute atomic E-state index is 0.636. The molecule has 0 spiro atoms. The summed E-state index contributed by atoms with van der Waals surface area (Å²) in [6.45, 7) is 5.06. The number of aromatic nitrogens is 3. The first-order chi connectivity index (χ1) is 9.72. The molecule has 0 saturated heterocycles. The van der Waals surface area contributed by atoms with Gasteiger partial charge >= 0.3 is 0 Å². The lowest BCUT2D eigenvalue weighted by molar-refractivity contribution is 0.876. The Labute approximate surface area is 128 Å². The first-order valence-corrected chi connectivity index (χ1v) is 7.82. The van der Waals surface area contributed by atoms with Crippen molar-refractivity contribution in [3.63, 3.8) is 0 Å². The van der Waals surface area contributed by atoms with Gasteiger partial charge in [0.05, 0.1) is 5.02 Å². The minimum Gasteiger partial charge on any atom is -0.370 e. The van der Waals surface area contributed by atoms with Crippen molar-refractivity contribution in [1.29, 1.82) is 0 Å². The summed E-state index contributed by atoms with van der Waals surface area (Å²) < 4.78 is 0. The fraction of sp³-hybridized carbons (Fsp3) is 0.357. The van der Waals surface area contributed by atoms with Crippen molar-refractivity contribution in [2.24, 2.45) is 0 Å². The van der Waals surface area contributed by atoms with Gasteiger partial charge in [0.1, 0.15) is 21.7 Å². The second kappa shape index (κ2) is 7.45. The summed E-state index contributed by atoms with van der Waals surface area (Å²) in [6, 6.07) is 5.58. The molecule has 0 fully saturated rings. The third kappa shape index (κ3) is 4.08. The molecule has 0 unspecified atom stereocenters. The van der Waals surface area contributed by atoms with Crippen LogP contribution >= 0.6 is 23.4 Å². The van der Waals surface area contributed by atoms with Crippen LogP contribution < -0.4 is 5.32 Å². The number of nitrogens with zero attached hydrogens (tertiary/aromatic N) is 3. The Balaban J connectivity index is 2.24. The summed E-state index contributed by atoms with van der Waals surface area (Å²) in [4.78, 5) is 13.2. The second-order valence-electron chi connectivity index (χ2n) is 4.18. The van der Waals surface area contributed by atoms with Gasteiger partial charge in [0.25, 0.3) is 0 Å². The van der Waals surface area contributed by atoms with Crippen molar-refractivity contribution in [1.82, 2.24) is 15.0 Å². The number of nitrogens with one attached hydrogen (secondary N) is 1. The van der Waals surface area contributed by atoms with E-state index in [1.165, 1.54) is 11.8 Å². The predicted molar refractivity (Wildman–Crippen MR) is 83.6 cm³/mol. The lowest BCUT2D eigenvalue weighted by Crippen LogP contribution is -2.05. The molecule has 4 nitrogen and oxygen atoms in total. The summed E-state index contributed by atoms with van der Waals surface area (Å²) in [5.41, 5.74) is 0. The summed E-state index contributed by atoms with van der Waals surface area (Å²) >= 11 is 7.59. The average Bonchev–Trinajstić information content (AvgIpc) is 2.47. The Morgan fingerprint density at radius 1 is 1.30 bits per heavy atom. The van der Waals surface area contributed by atoms with E-state index in [2.05, 4.69) is 27.2 Å². The SMILES string of the molecule is CCCNc1cc(Sc2ncccc2Cl)nc(CC)n1. The molecular weight excluding hydrogens is 292 g/mol. The first kappa shape index (κ1) is 15.1. The van der Waals surface area contributed by atoms with Gasteiger partial charge in [-0.15, -0.1) is 0 Å². The maximum atomic E-state index is 6.13. The molecule has 2 aromatic rings. The molecule has 2 rings (SSSR count). The van der Waals surface area contributed by atoms with Crippen LogP contribution in [0.3, 0.4) is 0 Å². The molecule has 1 N–H and O–H groups in total. The largest absolute Gasteiger partial charge is 0.370 e. The van der Waals surface area contributed by atoms with Crippen molar-refractivity contribution in [3.05, 3.63) is 35.2 Å². The number of rotatable bonds is 6. The van der Waals surface area contributed by atoms with Gasteiger partial charge in [-0.05, 0) is 30.3 Å². The molecule has 0 aliphatic rings. The van der Waals surface area contributed by atoms with E-state index in [9.17, 15) is 0 Å². The zero-order valence-electron chi connectivity index (χ0n) is 11.6. The van der Waals surface area contributed by atoms with E-state index in [0.717, 1.165) is 41.1 Å². The van der Waals surface area contributed by atoms with E-state index in [4.69, 9.17) is 11.6 Å². The molecule has 106 valence electrons. The monoisotopic (exact) mass is 308 g/mol. The van der Waals surface area contributed by atoms with Gasteiger partial charge < -0.3 is 5.32 Å². The average molecular weight is 309 g/mol. The maximum Gasteiger partial charge on any atom is 0.131 e. The fourth-order valence-electron chi connectivity index (χ4n) is 1.57. The molecule has 0 saturated carbocycles. The van der Waals surface area contributed by atoms with Crippen LogP contribution in [-0.2, 0) is 6.42 Å². The molecular formula is C14H17ClN4S. The van der Waals surface area contributed by atoms with Crippen LogP contribution in [0.2, 0.25) is 5.02 Å². The van der Waals surface area contributed by atoms with Gasteiger partial charge in [-0.1, -0.05) is 25.4 Å². The molecule has 0 aliphatic carbocycles. The van der Waals surface area contributed by atoms with E-state index in [0.29, 0.717) is 5.02 Å². The van der Waals surface area contributed by atoms with Gasteiger partial charge in [0.15, 0.2) is 0 Å². The fourth-order valence-corrected chi connectivity index (χ4v) is 2.61. The van der Waals surface area contributed by atoms with E-state index in [1.807, 2.05) is 25.1 Å². The Morgan fingerprint density at radius 2 is 2.15 bits per heavy atom. The van der Waals surface area contributed by atoms with Crippen LogP contribution in [0.25, 0.3) is 0 Å². The van der Waals surface area contributed by atoms with Crippen LogP contribution in [0.5, 0.6) is 0 Å². The van der Waals surface area contributed by atoms with Crippen molar-refractivity contribution >= 4 is 29.2 Å². The van der Waals surface area contributed by atoms with Crippen LogP contribution in [0.4, 0.5) is 5.82 Å². The molecule has 2 aromatic heterocycles. The molecule has 20 heavy (non-hydrogen) atoms. The van der Waals surface area contributed by atoms with Gasteiger partial charge in [-0.25, -0.2) is 15.0 Å². The molecule has 0 aliphatic heterocycles. The van der Waals surface area contributed by atoms with E-state index in [1.54, 1.807) is 6.20 Å². The van der Waals surface area contributed by atoms with Gasteiger partial charge in [-0.2, -0.15) is 0 Å². The highest BCUT2D eigenvalue weighted by Crippen LogP contribution is 2.30. The van der Waals surface area contributed by atoms with Gasteiger partial charge in [0, 0.05) is 25.2 Å². The van der Waals surface area contributed by atoms with Crippen LogP contribution in [-0.4, -0.2) is 21.5 Å². The smallest absolute Gasteiger partial charge is 0.131 e. The highest BCUT2D eigenvalue weighted by molar-refractivity contribution is 7.99. The van der Waals surface area contributed by atoms with E-state index >= 15 is 0 Å². The Morgan fingerprint density at radius 3 is 2.85 bits per heavy atom. The first-order valence-electron chi connectivity index (χ1n) is 6.63. The maximum absolute atomic E-state index is 6.13. The van der Waals surface area contributed by atoms with Crippen LogP contribution in [0, 0.1) is 0 Å². The molecule has 2 heterocycles. The normalized spacial score (nSPS) is 10.6. The topological polar surface area (TPSA) is 50.7 Å². The molecule has 6 heteroatoms. The Kier molecular flexibility index (Phi) is 5.61. The van der Waals surface area contributed by atoms with Crippen LogP contribution in [0.15, 0.2) is 34.4 Å². The lowest BCUT2D eigenvalue weighted by atomic mass is 10.4. The zero-order valence-corrected chi connectivity index (χ0v) is 13.1. The Bertz CT molecular complexity index is 577. The molecule has 0 aromatic carbocycles. The number of anilines is 1. The summed E-state index contributed by atoms with van der Waals surface area (Å²) in [6.07, 6.45) is 3.58. The summed E-state index contributed by atoms with van der Waals surface area (Å²) in [5, 5.41) is 5.55. The predicted octanol–water partition coefficient (Wildman–Crippen LogP) is 4.06. The molecule has 0 bridgehead atoms. The number of pyridine rings is 1. The molecule has 0 amide bonds. The minimum atomic E-state index is 0.636. The number of hydrogen-bond donors (Lipinski definition) is 1. The quantitative estimate of drug-likeness (QED) is 0.816. The van der Waals surface area contributed by atoms with Crippen molar-refractivity contribution < 1.29 is 0 Å². The van der Waals surface area contributed by atoms with Crippen molar-refractivity contribution in [3.8, 4) is 0 Å². The standard InChI is InChI=1S/C14H17ClN4S/c1-3-7-16-12-9-13(19-11(4-2)18-12)20-14-10(15)6-5-8-17-14/h5-6,8-9H,3-4,7H2,1-2H3,(H,16,18,19). The van der Waals surface area contributed by atoms with E-state index < -0.39 is 0 Å². The Hall–Kier alpha value is -1.33.